The molecule has 0 saturated heterocycles. The highest BCUT2D eigenvalue weighted by Gasteiger charge is 2.32. The Kier molecular flexibility index (Phi) is 10.3. The smallest absolute Gasteiger partial charge is 0.338 e. The minimum atomic E-state index is -1.86. The molecule has 0 bridgehead atoms. The Hall–Kier alpha value is -2.82. The zero-order chi connectivity index (χ0) is 23.5. The van der Waals surface area contributed by atoms with Gasteiger partial charge in [0.25, 0.3) is 0 Å². The lowest BCUT2D eigenvalue weighted by molar-refractivity contribution is 0.00845. The minimum Gasteiger partial charge on any atom is -0.461 e. The molecule has 0 aliphatic heterocycles. The van der Waals surface area contributed by atoms with Crippen molar-refractivity contribution in [1.29, 1.82) is 0 Å². The first-order valence-electron chi connectivity index (χ1n) is 9.52. The van der Waals surface area contributed by atoms with Gasteiger partial charge < -0.3 is 24.5 Å². The third-order valence-electron chi connectivity index (χ3n) is 4.34. The molecule has 0 aliphatic rings. The molecule has 0 aromatic heterocycles. The summed E-state index contributed by atoms with van der Waals surface area (Å²) >= 11 is 3.22. The lowest BCUT2D eigenvalue weighted by atomic mass is 10.1. The predicted molar refractivity (Wildman–Crippen MR) is 117 cm³/mol. The molecule has 172 valence electrons. The fourth-order valence-corrected chi connectivity index (χ4v) is 3.09. The molecule has 0 spiro atoms. The van der Waals surface area contributed by atoms with Crippen LogP contribution in [-0.4, -0.2) is 59.2 Å². The molecule has 0 unspecified atom stereocenters. The van der Waals surface area contributed by atoms with E-state index >= 15 is 0 Å². The zero-order valence-electron chi connectivity index (χ0n) is 17.2. The van der Waals surface area contributed by atoms with Crippen molar-refractivity contribution < 1.29 is 38.5 Å². The molecule has 0 aliphatic carbocycles. The summed E-state index contributed by atoms with van der Waals surface area (Å²) in [5.41, 5.74) is 1.64. The van der Waals surface area contributed by atoms with E-state index in [1.54, 1.807) is 24.3 Å². The van der Waals surface area contributed by atoms with Gasteiger partial charge in [-0.2, -0.15) is 0 Å². The van der Waals surface area contributed by atoms with Crippen LogP contribution in [0.5, 0.6) is 0 Å². The number of rotatable bonds is 11. The maximum atomic E-state index is 14.7. The van der Waals surface area contributed by atoms with Crippen LogP contribution in [0.15, 0.2) is 53.7 Å². The largest absolute Gasteiger partial charge is 0.461 e. The Morgan fingerprint density at radius 2 is 1.50 bits per heavy atom. The van der Waals surface area contributed by atoms with Crippen molar-refractivity contribution in [3.8, 4) is 0 Å². The number of hydrogen-bond donors (Lipinski definition) is 2. The van der Waals surface area contributed by atoms with Gasteiger partial charge in [-0.3, -0.25) is 0 Å². The molecule has 0 heterocycles. The fourth-order valence-electron chi connectivity index (χ4n) is 2.56. The molecule has 8 nitrogen and oxygen atoms in total. The fraction of sp³-hybridized carbons (Fsp3) is 0.318. The van der Waals surface area contributed by atoms with Crippen molar-refractivity contribution in [1.82, 2.24) is 0 Å². The monoisotopic (exact) mass is 511 g/mol. The summed E-state index contributed by atoms with van der Waals surface area (Å²) in [5.74, 6) is -1.46. The SMILES string of the molecule is CO/N=C\[C@@H](F)[C@H](OC(=O)c1ccc(CO)cc1)[C@H](Br)COC(=O)c1ccc(CO)cc1. The number of hydrogen-bond acceptors (Lipinski definition) is 8. The molecule has 2 aromatic carbocycles. The van der Waals surface area contributed by atoms with Crippen molar-refractivity contribution in [3.05, 3.63) is 70.8 Å². The van der Waals surface area contributed by atoms with Gasteiger partial charge in [0, 0.05) is 0 Å². The van der Waals surface area contributed by atoms with Crippen molar-refractivity contribution in [3.63, 3.8) is 0 Å². The summed E-state index contributed by atoms with van der Waals surface area (Å²) in [5, 5.41) is 21.5. The second-order valence-electron chi connectivity index (χ2n) is 6.58. The summed E-state index contributed by atoms with van der Waals surface area (Å²) in [7, 11) is 1.24. The van der Waals surface area contributed by atoms with Crippen LogP contribution in [0.3, 0.4) is 0 Å². The topological polar surface area (TPSA) is 115 Å². The van der Waals surface area contributed by atoms with Crippen LogP contribution in [0.1, 0.15) is 31.8 Å². The highest BCUT2D eigenvalue weighted by atomic mass is 79.9. The van der Waals surface area contributed by atoms with Crippen molar-refractivity contribution >= 4 is 34.1 Å². The van der Waals surface area contributed by atoms with Crippen molar-refractivity contribution in [2.45, 2.75) is 30.3 Å². The van der Waals surface area contributed by atoms with E-state index in [1.807, 2.05) is 0 Å². The molecule has 0 saturated carbocycles. The lowest BCUT2D eigenvalue weighted by Gasteiger charge is -2.24. The first kappa shape index (κ1) is 25.4. The summed E-state index contributed by atoms with van der Waals surface area (Å²) < 4.78 is 25.2. The van der Waals surface area contributed by atoms with Crippen molar-refractivity contribution in [2.24, 2.45) is 5.16 Å². The molecule has 2 aromatic rings. The van der Waals surface area contributed by atoms with Gasteiger partial charge in [0.2, 0.25) is 0 Å². The average molecular weight is 512 g/mol. The van der Waals surface area contributed by atoms with Crippen LogP contribution in [-0.2, 0) is 27.5 Å². The number of alkyl halides is 2. The number of carbonyl (C=O) groups is 2. The second-order valence-corrected chi connectivity index (χ2v) is 7.75. The molecular formula is C22H23BrFNO7. The Bertz CT molecular complexity index is 906. The molecule has 10 heteroatoms. The number of esters is 2. The van der Waals surface area contributed by atoms with Crippen LogP contribution in [0.2, 0.25) is 0 Å². The first-order chi connectivity index (χ1) is 15.4. The zero-order valence-corrected chi connectivity index (χ0v) is 18.8. The van der Waals surface area contributed by atoms with Gasteiger partial charge in [0.05, 0.1) is 35.4 Å². The second kappa shape index (κ2) is 12.9. The van der Waals surface area contributed by atoms with Crippen LogP contribution in [0, 0.1) is 0 Å². The van der Waals surface area contributed by atoms with Gasteiger partial charge in [-0.1, -0.05) is 45.4 Å². The van der Waals surface area contributed by atoms with E-state index in [0.29, 0.717) is 11.1 Å². The van der Waals surface area contributed by atoms with Crippen LogP contribution < -0.4 is 0 Å². The number of aliphatic hydroxyl groups excluding tert-OH is 2. The van der Waals surface area contributed by atoms with Gasteiger partial charge >= 0.3 is 11.9 Å². The Morgan fingerprint density at radius 1 is 1.00 bits per heavy atom. The number of aliphatic hydroxyl groups is 2. The normalized spacial score (nSPS) is 13.9. The molecule has 3 atom stereocenters. The molecule has 2 N–H and O–H groups in total. The third-order valence-corrected chi connectivity index (χ3v) is 5.13. The van der Waals surface area contributed by atoms with Gasteiger partial charge in [-0.25, -0.2) is 14.0 Å². The number of carbonyl (C=O) groups excluding carboxylic acids is 2. The van der Waals surface area contributed by atoms with E-state index in [4.69, 9.17) is 19.7 Å². The van der Waals surface area contributed by atoms with E-state index in [1.165, 1.54) is 31.4 Å². The lowest BCUT2D eigenvalue weighted by Crippen LogP contribution is -2.39. The maximum Gasteiger partial charge on any atom is 0.338 e. The van der Waals surface area contributed by atoms with E-state index < -0.39 is 29.0 Å². The molecule has 2 rings (SSSR count). The van der Waals surface area contributed by atoms with Gasteiger partial charge in [-0.05, 0) is 35.4 Å². The summed E-state index contributed by atoms with van der Waals surface area (Å²) in [6.07, 6.45) is -2.41. The van der Waals surface area contributed by atoms with E-state index in [2.05, 4.69) is 25.9 Å². The highest BCUT2D eigenvalue weighted by Crippen LogP contribution is 2.19. The molecule has 0 fully saturated rings. The Labute approximate surface area is 192 Å². The van der Waals surface area contributed by atoms with Crippen LogP contribution in [0.25, 0.3) is 0 Å². The van der Waals surface area contributed by atoms with E-state index in [0.717, 1.165) is 6.21 Å². The van der Waals surface area contributed by atoms with Crippen LogP contribution >= 0.6 is 15.9 Å². The third kappa shape index (κ3) is 7.40. The standard InChI is InChI=1S/C22H23BrFNO7/c1-30-25-10-19(24)20(32-22(29)17-8-4-15(12-27)5-9-17)18(23)13-31-21(28)16-6-2-14(11-26)3-7-16/h2-10,18-20,26-27H,11-13H2,1H3/b25-10-/t18-,19-,20-/m1/s1. The molecule has 32 heavy (non-hydrogen) atoms. The maximum absolute atomic E-state index is 14.7. The number of halogens is 2. The van der Waals surface area contributed by atoms with Gasteiger partial charge in [0.15, 0.2) is 12.3 Å². The summed E-state index contributed by atoms with van der Waals surface area (Å²) in [4.78, 5) is 28.3. The number of nitrogens with zero attached hydrogens (tertiary/aromatic N) is 1. The molecule has 0 amide bonds. The number of ether oxygens (including phenoxy) is 2. The minimum absolute atomic E-state index is 0.156. The highest BCUT2D eigenvalue weighted by molar-refractivity contribution is 9.09. The van der Waals surface area contributed by atoms with E-state index in [9.17, 15) is 14.0 Å². The molecular weight excluding hydrogens is 489 g/mol. The molecule has 0 radical (unpaired) electrons. The number of oxime groups is 1. The predicted octanol–water partition coefficient (Wildman–Crippen LogP) is 2.79. The van der Waals surface area contributed by atoms with Crippen LogP contribution in [0.4, 0.5) is 4.39 Å². The van der Waals surface area contributed by atoms with E-state index in [-0.39, 0.29) is 30.9 Å². The Balaban J connectivity index is 2.07. The Morgan fingerprint density at radius 3 is 1.97 bits per heavy atom. The van der Waals surface area contributed by atoms with Crippen molar-refractivity contribution in [2.75, 3.05) is 13.7 Å². The van der Waals surface area contributed by atoms with Gasteiger partial charge in [0.1, 0.15) is 13.7 Å². The summed E-state index contributed by atoms with van der Waals surface area (Å²) in [6, 6.07) is 12.1. The quantitative estimate of drug-likeness (QED) is 0.206. The average Bonchev–Trinajstić information content (AvgIpc) is 2.83. The van der Waals surface area contributed by atoms with Gasteiger partial charge in [-0.15, -0.1) is 0 Å². The number of benzene rings is 2. The first-order valence-corrected chi connectivity index (χ1v) is 10.4. The summed E-state index contributed by atoms with van der Waals surface area (Å²) in [6.45, 7) is -0.645.